The maximum absolute atomic E-state index is 6.66. The lowest BCUT2D eigenvalue weighted by molar-refractivity contribution is 0.414. The number of rotatable bonds is 3. The average molecular weight is 196 g/mol. The van der Waals surface area contributed by atoms with E-state index in [1.165, 1.54) is 0 Å². The van der Waals surface area contributed by atoms with Gasteiger partial charge in [-0.25, -0.2) is 6.57 Å². The zero-order valence-corrected chi connectivity index (χ0v) is 8.14. The summed E-state index contributed by atoms with van der Waals surface area (Å²) in [6.07, 6.45) is 0.701. The van der Waals surface area contributed by atoms with E-state index in [9.17, 15) is 0 Å². The van der Waals surface area contributed by atoms with Crippen LogP contribution in [-0.4, -0.2) is 13.7 Å². The fourth-order valence-electron chi connectivity index (χ4n) is 1.03. The van der Waals surface area contributed by atoms with E-state index in [0.717, 1.165) is 11.3 Å². The summed E-state index contributed by atoms with van der Waals surface area (Å²) in [7, 11) is 1.60. The minimum absolute atomic E-state index is 0.478. The number of nitrogens with zero attached hydrogens (tertiary/aromatic N) is 1. The van der Waals surface area contributed by atoms with E-state index in [1.54, 1.807) is 13.2 Å². The molecule has 0 aliphatic carbocycles. The lowest BCUT2D eigenvalue weighted by Gasteiger charge is -2.03. The fraction of sp³-hybridized carbons (Fsp3) is 0.300. The Morgan fingerprint density at radius 3 is 2.85 bits per heavy atom. The molecule has 0 aromatic heterocycles. The van der Waals surface area contributed by atoms with E-state index in [0.29, 0.717) is 18.0 Å². The Balaban J connectivity index is 2.80. The van der Waals surface area contributed by atoms with Crippen molar-refractivity contribution in [2.24, 2.45) is 0 Å². The molecular weight excluding hydrogens is 186 g/mol. The molecule has 0 heterocycles. The van der Waals surface area contributed by atoms with Gasteiger partial charge in [0.2, 0.25) is 6.54 Å². The summed E-state index contributed by atoms with van der Waals surface area (Å²) < 4.78 is 5.01. The summed E-state index contributed by atoms with van der Waals surface area (Å²) in [5, 5.41) is 0.669. The molecule has 0 unspecified atom stereocenters. The van der Waals surface area contributed by atoms with Crippen LogP contribution >= 0.6 is 11.6 Å². The zero-order valence-electron chi connectivity index (χ0n) is 7.38. The highest BCUT2D eigenvalue weighted by molar-refractivity contribution is 6.31. The molecule has 0 fully saturated rings. The first kappa shape index (κ1) is 9.88. The Labute approximate surface area is 82.9 Å². The van der Waals surface area contributed by atoms with Gasteiger partial charge in [0.05, 0.1) is 7.11 Å². The van der Waals surface area contributed by atoms with Crippen molar-refractivity contribution in [1.82, 2.24) is 0 Å². The van der Waals surface area contributed by atoms with Gasteiger partial charge in [-0.1, -0.05) is 17.7 Å². The van der Waals surface area contributed by atoms with E-state index in [4.69, 9.17) is 22.9 Å². The van der Waals surface area contributed by atoms with Crippen molar-refractivity contribution in [2.75, 3.05) is 13.7 Å². The predicted octanol–water partition coefficient (Wildman–Crippen LogP) is 2.81. The average Bonchev–Trinajstić information content (AvgIpc) is 2.16. The molecule has 13 heavy (non-hydrogen) atoms. The minimum atomic E-state index is 0.478. The molecule has 0 aliphatic heterocycles. The molecule has 0 N–H and O–H groups in total. The van der Waals surface area contributed by atoms with Crippen LogP contribution in [0.15, 0.2) is 18.2 Å². The van der Waals surface area contributed by atoms with Gasteiger partial charge in [-0.2, -0.15) is 0 Å². The normalized spacial score (nSPS) is 9.31. The van der Waals surface area contributed by atoms with Crippen LogP contribution in [0.5, 0.6) is 5.75 Å². The Hall–Kier alpha value is -1.20. The molecular formula is C10H10ClNO. The second-order valence-electron chi connectivity index (χ2n) is 2.59. The van der Waals surface area contributed by atoms with Crippen molar-refractivity contribution >= 4 is 11.6 Å². The number of hydrogen-bond donors (Lipinski definition) is 0. The van der Waals surface area contributed by atoms with Gasteiger partial charge < -0.3 is 9.58 Å². The molecule has 0 spiro atoms. The van der Waals surface area contributed by atoms with Crippen molar-refractivity contribution in [3.8, 4) is 5.75 Å². The number of methoxy groups -OCH3 is 1. The van der Waals surface area contributed by atoms with Gasteiger partial charge in [0, 0.05) is 11.4 Å². The minimum Gasteiger partial charge on any atom is -0.497 e. The Morgan fingerprint density at radius 2 is 2.31 bits per heavy atom. The first-order valence-electron chi connectivity index (χ1n) is 3.93. The Bertz CT molecular complexity index is 330. The van der Waals surface area contributed by atoms with Crippen LogP contribution in [0.1, 0.15) is 5.56 Å². The molecule has 3 heteroatoms. The third kappa shape index (κ3) is 2.64. The molecule has 0 atom stereocenters. The molecule has 0 saturated heterocycles. The van der Waals surface area contributed by atoms with E-state index in [-0.39, 0.29) is 0 Å². The standard InChI is InChI=1S/C10H10ClNO/c1-12-6-5-8-3-4-9(13-2)7-10(8)11/h3-4,7H,5-6H2,2H3. The second kappa shape index (κ2) is 4.74. The number of hydrogen-bond acceptors (Lipinski definition) is 1. The molecule has 1 rings (SSSR count). The highest BCUT2D eigenvalue weighted by Crippen LogP contribution is 2.22. The molecule has 2 nitrogen and oxygen atoms in total. The first-order chi connectivity index (χ1) is 6.27. The highest BCUT2D eigenvalue weighted by atomic mass is 35.5. The van der Waals surface area contributed by atoms with Crippen molar-refractivity contribution in [1.29, 1.82) is 0 Å². The molecule has 0 radical (unpaired) electrons. The number of halogens is 1. The summed E-state index contributed by atoms with van der Waals surface area (Å²) in [5.74, 6) is 0.747. The largest absolute Gasteiger partial charge is 0.497 e. The van der Waals surface area contributed by atoms with E-state index >= 15 is 0 Å². The van der Waals surface area contributed by atoms with Crippen molar-refractivity contribution in [2.45, 2.75) is 6.42 Å². The maximum Gasteiger partial charge on any atom is 0.218 e. The number of ether oxygens (including phenoxy) is 1. The Kier molecular flexibility index (Phi) is 3.60. The van der Waals surface area contributed by atoms with Crippen LogP contribution in [0.4, 0.5) is 0 Å². The Morgan fingerprint density at radius 1 is 1.54 bits per heavy atom. The quantitative estimate of drug-likeness (QED) is 0.677. The molecule has 0 saturated carbocycles. The molecule has 0 bridgehead atoms. The van der Waals surface area contributed by atoms with E-state index in [2.05, 4.69) is 4.85 Å². The van der Waals surface area contributed by atoms with E-state index < -0.39 is 0 Å². The summed E-state index contributed by atoms with van der Waals surface area (Å²) in [4.78, 5) is 3.27. The van der Waals surface area contributed by atoms with Gasteiger partial charge in [-0.3, -0.25) is 0 Å². The fourth-order valence-corrected chi connectivity index (χ4v) is 1.30. The van der Waals surface area contributed by atoms with Crippen LogP contribution < -0.4 is 4.74 Å². The van der Waals surface area contributed by atoms with Crippen molar-refractivity contribution < 1.29 is 4.74 Å². The van der Waals surface area contributed by atoms with Crippen LogP contribution in [0, 0.1) is 6.57 Å². The third-order valence-corrected chi connectivity index (χ3v) is 2.11. The predicted molar refractivity (Wildman–Crippen MR) is 53.2 cm³/mol. The smallest absolute Gasteiger partial charge is 0.218 e. The van der Waals surface area contributed by atoms with Crippen LogP contribution in [-0.2, 0) is 6.42 Å². The summed E-state index contributed by atoms with van der Waals surface area (Å²) in [5.41, 5.74) is 0.999. The lowest BCUT2D eigenvalue weighted by atomic mass is 10.1. The molecule has 1 aromatic rings. The van der Waals surface area contributed by atoms with Crippen molar-refractivity contribution in [3.63, 3.8) is 0 Å². The molecule has 1 aromatic carbocycles. The topological polar surface area (TPSA) is 13.6 Å². The molecule has 0 aliphatic rings. The molecule has 68 valence electrons. The highest BCUT2D eigenvalue weighted by Gasteiger charge is 2.02. The summed E-state index contributed by atoms with van der Waals surface area (Å²) >= 11 is 5.96. The van der Waals surface area contributed by atoms with Gasteiger partial charge in [0.25, 0.3) is 0 Å². The lowest BCUT2D eigenvalue weighted by Crippen LogP contribution is -1.90. The summed E-state index contributed by atoms with van der Waals surface area (Å²) in [6.45, 7) is 7.14. The van der Waals surface area contributed by atoms with Crippen LogP contribution in [0.25, 0.3) is 4.85 Å². The molecule has 0 amide bonds. The zero-order chi connectivity index (χ0) is 9.68. The van der Waals surface area contributed by atoms with Gasteiger partial charge in [-0.15, -0.1) is 0 Å². The SMILES string of the molecule is [C-]#[N+]CCc1ccc(OC)cc1Cl. The van der Waals surface area contributed by atoms with Crippen molar-refractivity contribution in [3.05, 3.63) is 40.2 Å². The van der Waals surface area contributed by atoms with Crippen LogP contribution in [0.2, 0.25) is 5.02 Å². The maximum atomic E-state index is 6.66. The summed E-state index contributed by atoms with van der Waals surface area (Å²) in [6, 6.07) is 5.51. The second-order valence-corrected chi connectivity index (χ2v) is 3.00. The first-order valence-corrected chi connectivity index (χ1v) is 4.31. The van der Waals surface area contributed by atoms with Gasteiger partial charge in [0.15, 0.2) is 0 Å². The van der Waals surface area contributed by atoms with E-state index in [1.807, 2.05) is 12.1 Å². The van der Waals surface area contributed by atoms with Gasteiger partial charge >= 0.3 is 0 Å². The third-order valence-electron chi connectivity index (χ3n) is 1.75. The van der Waals surface area contributed by atoms with Gasteiger partial charge in [-0.05, 0) is 17.7 Å². The number of benzene rings is 1. The van der Waals surface area contributed by atoms with Crippen LogP contribution in [0.3, 0.4) is 0 Å². The monoisotopic (exact) mass is 195 g/mol. The van der Waals surface area contributed by atoms with Gasteiger partial charge in [0.1, 0.15) is 5.75 Å².